The Morgan fingerprint density at radius 2 is 1.95 bits per heavy atom. The van der Waals surface area contributed by atoms with Crippen LogP contribution in [0.25, 0.3) is 0 Å². The van der Waals surface area contributed by atoms with Gasteiger partial charge in [-0.2, -0.15) is 0 Å². The minimum Gasteiger partial charge on any atom is -0.481 e. The Balaban J connectivity index is 2.19. The van der Waals surface area contributed by atoms with Gasteiger partial charge in [0.25, 0.3) is 0 Å². The van der Waals surface area contributed by atoms with Crippen molar-refractivity contribution in [1.29, 1.82) is 0 Å². The molecule has 0 saturated carbocycles. The zero-order valence-electron chi connectivity index (χ0n) is 12.5. The van der Waals surface area contributed by atoms with Crippen molar-refractivity contribution in [1.82, 2.24) is 4.90 Å². The Morgan fingerprint density at radius 1 is 1.29 bits per heavy atom. The van der Waals surface area contributed by atoms with Crippen LogP contribution in [0, 0.1) is 0 Å². The summed E-state index contributed by atoms with van der Waals surface area (Å²) in [6, 6.07) is 8.97. The van der Waals surface area contributed by atoms with Crippen molar-refractivity contribution in [2.75, 3.05) is 13.1 Å². The van der Waals surface area contributed by atoms with E-state index in [-0.39, 0.29) is 12.3 Å². The topological polar surface area (TPSA) is 57.6 Å². The fraction of sp³-hybridized carbons (Fsp3) is 0.412. The number of nitrogens with zero attached hydrogens (tertiary/aromatic N) is 1. The highest BCUT2D eigenvalue weighted by atomic mass is 16.4. The third-order valence-electron chi connectivity index (χ3n) is 4.07. The molecule has 1 atom stereocenters. The summed E-state index contributed by atoms with van der Waals surface area (Å²) in [5.74, 6) is -1.07. The molecule has 1 aliphatic heterocycles. The van der Waals surface area contributed by atoms with Crippen LogP contribution in [0.4, 0.5) is 0 Å². The van der Waals surface area contributed by atoms with E-state index in [2.05, 4.69) is 6.08 Å². The summed E-state index contributed by atoms with van der Waals surface area (Å²) in [7, 11) is 0. The lowest BCUT2D eigenvalue weighted by Gasteiger charge is -2.31. The molecular formula is C17H21NO3. The number of aliphatic carboxylic acids is 1. The van der Waals surface area contributed by atoms with Crippen LogP contribution in [0.15, 0.2) is 42.0 Å². The van der Waals surface area contributed by atoms with E-state index >= 15 is 0 Å². The van der Waals surface area contributed by atoms with Gasteiger partial charge in [-0.3, -0.25) is 9.59 Å². The first-order chi connectivity index (χ1) is 9.93. The fourth-order valence-electron chi connectivity index (χ4n) is 2.65. The summed E-state index contributed by atoms with van der Waals surface area (Å²) in [5, 5.41) is 9.60. The molecule has 1 aliphatic rings. The minimum absolute atomic E-state index is 0.0143. The van der Waals surface area contributed by atoms with Gasteiger partial charge < -0.3 is 10.0 Å². The number of carboxylic acids is 1. The number of carboxylic acid groups (broad SMARTS) is 1. The van der Waals surface area contributed by atoms with Crippen molar-refractivity contribution in [3.63, 3.8) is 0 Å². The van der Waals surface area contributed by atoms with Crippen molar-refractivity contribution in [2.45, 2.75) is 32.1 Å². The second-order valence-corrected chi connectivity index (χ2v) is 5.83. The van der Waals surface area contributed by atoms with Gasteiger partial charge in [-0.25, -0.2) is 0 Å². The number of carbonyl (C=O) groups is 2. The van der Waals surface area contributed by atoms with E-state index in [4.69, 9.17) is 0 Å². The van der Waals surface area contributed by atoms with Crippen LogP contribution < -0.4 is 0 Å². The Morgan fingerprint density at radius 3 is 2.52 bits per heavy atom. The normalized spacial score (nSPS) is 17.8. The van der Waals surface area contributed by atoms with Gasteiger partial charge in [0.1, 0.15) is 0 Å². The van der Waals surface area contributed by atoms with Crippen molar-refractivity contribution < 1.29 is 14.7 Å². The molecular weight excluding hydrogens is 266 g/mol. The van der Waals surface area contributed by atoms with Crippen LogP contribution >= 0.6 is 0 Å². The summed E-state index contributed by atoms with van der Waals surface area (Å²) in [6.45, 7) is 4.88. The Bertz CT molecular complexity index is 565. The molecule has 21 heavy (non-hydrogen) atoms. The molecule has 1 aromatic rings. The van der Waals surface area contributed by atoms with Crippen LogP contribution in [-0.2, 0) is 15.0 Å². The van der Waals surface area contributed by atoms with Crippen LogP contribution in [-0.4, -0.2) is 35.0 Å². The molecule has 0 bridgehead atoms. The average Bonchev–Trinajstić information content (AvgIpc) is 2.47. The van der Waals surface area contributed by atoms with E-state index in [1.54, 1.807) is 36.1 Å². The second kappa shape index (κ2) is 6.12. The molecule has 0 aromatic heterocycles. The fourth-order valence-corrected chi connectivity index (χ4v) is 2.65. The van der Waals surface area contributed by atoms with Crippen molar-refractivity contribution >= 4 is 11.9 Å². The van der Waals surface area contributed by atoms with Crippen LogP contribution in [0.1, 0.15) is 32.3 Å². The Hall–Kier alpha value is -2.10. The van der Waals surface area contributed by atoms with Gasteiger partial charge in [0.05, 0.1) is 5.41 Å². The molecule has 0 spiro atoms. The molecule has 112 valence electrons. The SMILES string of the molecule is CC1=CCCN(C(=O)CC(C)(C(=O)O)c2ccccc2)C1. The van der Waals surface area contributed by atoms with Gasteiger partial charge in [0.2, 0.25) is 5.91 Å². The smallest absolute Gasteiger partial charge is 0.314 e. The average molecular weight is 287 g/mol. The quantitative estimate of drug-likeness (QED) is 0.866. The number of amides is 1. The lowest BCUT2D eigenvalue weighted by Crippen LogP contribution is -2.42. The van der Waals surface area contributed by atoms with E-state index in [0.29, 0.717) is 18.7 Å². The van der Waals surface area contributed by atoms with Crippen LogP contribution in [0.2, 0.25) is 0 Å². The Kier molecular flexibility index (Phi) is 4.46. The zero-order valence-corrected chi connectivity index (χ0v) is 12.5. The van der Waals surface area contributed by atoms with E-state index in [0.717, 1.165) is 12.0 Å². The third-order valence-corrected chi connectivity index (χ3v) is 4.07. The van der Waals surface area contributed by atoms with E-state index in [1.807, 2.05) is 13.0 Å². The molecule has 0 radical (unpaired) electrons. The summed E-state index contributed by atoms with van der Waals surface area (Å²) >= 11 is 0. The molecule has 0 fully saturated rings. The lowest BCUT2D eigenvalue weighted by atomic mass is 9.79. The standard InChI is InChI=1S/C17H21NO3/c1-13-7-6-10-18(12-13)15(19)11-17(2,16(20)21)14-8-4-3-5-9-14/h3-5,7-9H,6,10-12H2,1-2H3,(H,20,21). The van der Waals surface area contributed by atoms with E-state index < -0.39 is 11.4 Å². The first-order valence-electron chi connectivity index (χ1n) is 7.16. The lowest BCUT2D eigenvalue weighted by molar-refractivity contribution is -0.147. The molecule has 0 saturated heterocycles. The summed E-state index contributed by atoms with van der Waals surface area (Å²) in [4.78, 5) is 25.9. The maximum atomic E-state index is 12.5. The first-order valence-corrected chi connectivity index (χ1v) is 7.16. The highest BCUT2D eigenvalue weighted by Crippen LogP contribution is 2.29. The summed E-state index contributed by atoms with van der Waals surface area (Å²) in [6.07, 6.45) is 2.95. The molecule has 1 aromatic carbocycles. The van der Waals surface area contributed by atoms with E-state index in [9.17, 15) is 14.7 Å². The minimum atomic E-state index is -1.19. The van der Waals surface area contributed by atoms with Gasteiger partial charge in [0.15, 0.2) is 0 Å². The van der Waals surface area contributed by atoms with Gasteiger partial charge in [-0.05, 0) is 25.8 Å². The summed E-state index contributed by atoms with van der Waals surface area (Å²) < 4.78 is 0. The van der Waals surface area contributed by atoms with Crippen LogP contribution in [0.5, 0.6) is 0 Å². The molecule has 1 amide bonds. The molecule has 1 heterocycles. The predicted octanol–water partition coefficient (Wildman–Crippen LogP) is 2.60. The monoisotopic (exact) mass is 287 g/mol. The predicted molar refractivity (Wildman–Crippen MR) is 81.0 cm³/mol. The Labute approximate surface area is 125 Å². The second-order valence-electron chi connectivity index (χ2n) is 5.83. The van der Waals surface area contributed by atoms with Crippen molar-refractivity contribution in [2.24, 2.45) is 0 Å². The maximum Gasteiger partial charge on any atom is 0.314 e. The molecule has 4 nitrogen and oxygen atoms in total. The molecule has 0 aliphatic carbocycles. The molecule has 4 heteroatoms. The van der Waals surface area contributed by atoms with E-state index in [1.165, 1.54) is 0 Å². The first kappa shape index (κ1) is 15.3. The van der Waals surface area contributed by atoms with Gasteiger partial charge in [-0.15, -0.1) is 0 Å². The highest BCUT2D eigenvalue weighted by Gasteiger charge is 2.38. The molecule has 2 rings (SSSR count). The van der Waals surface area contributed by atoms with Gasteiger partial charge >= 0.3 is 5.97 Å². The molecule has 1 N–H and O–H groups in total. The number of rotatable bonds is 4. The van der Waals surface area contributed by atoms with Crippen molar-refractivity contribution in [3.8, 4) is 0 Å². The third kappa shape index (κ3) is 3.32. The number of benzene rings is 1. The number of hydrogen-bond donors (Lipinski definition) is 1. The maximum absolute atomic E-state index is 12.5. The van der Waals surface area contributed by atoms with Gasteiger partial charge in [0, 0.05) is 19.5 Å². The number of hydrogen-bond acceptors (Lipinski definition) is 2. The number of carbonyl (C=O) groups excluding carboxylic acids is 1. The highest BCUT2D eigenvalue weighted by molar-refractivity contribution is 5.89. The molecule has 1 unspecified atom stereocenters. The largest absolute Gasteiger partial charge is 0.481 e. The van der Waals surface area contributed by atoms with Crippen LogP contribution in [0.3, 0.4) is 0 Å². The zero-order chi connectivity index (χ0) is 15.5. The summed E-state index contributed by atoms with van der Waals surface area (Å²) in [5.41, 5.74) is 0.634. The van der Waals surface area contributed by atoms with Gasteiger partial charge in [-0.1, -0.05) is 42.0 Å². The van der Waals surface area contributed by atoms with Crippen molar-refractivity contribution in [3.05, 3.63) is 47.5 Å².